The molecule has 1 aliphatic carbocycles. The van der Waals surface area contributed by atoms with Crippen LogP contribution in [0.2, 0.25) is 5.02 Å². The molecular weight excluding hydrogens is 532 g/mol. The van der Waals surface area contributed by atoms with Crippen LogP contribution in [0.15, 0.2) is 59.6 Å². The number of fused-ring (bicyclic) bond motifs is 1. The topological polar surface area (TPSA) is 109 Å². The van der Waals surface area contributed by atoms with Gasteiger partial charge in [-0.25, -0.2) is 23.4 Å². The molecule has 0 spiro atoms. The first-order chi connectivity index (χ1) is 18.8. The molecule has 0 aliphatic heterocycles. The average Bonchev–Trinajstić information content (AvgIpc) is 2.93. The number of hydrogen-bond donors (Lipinski definition) is 3. The molecule has 2 aromatic heterocycles. The van der Waals surface area contributed by atoms with Crippen molar-refractivity contribution in [3.63, 3.8) is 0 Å². The number of pyridine rings is 1. The molecule has 0 saturated heterocycles. The van der Waals surface area contributed by atoms with E-state index >= 15 is 0 Å². The van der Waals surface area contributed by atoms with Crippen LogP contribution in [-0.2, 0) is 16.4 Å². The van der Waals surface area contributed by atoms with Gasteiger partial charge < -0.3 is 10.6 Å². The van der Waals surface area contributed by atoms with Gasteiger partial charge in [0.1, 0.15) is 10.7 Å². The van der Waals surface area contributed by atoms with E-state index < -0.39 is 10.0 Å². The summed E-state index contributed by atoms with van der Waals surface area (Å²) >= 11 is 6.10. The lowest BCUT2D eigenvalue weighted by molar-refractivity contribution is 0.370. The Morgan fingerprint density at radius 1 is 1.00 bits per heavy atom. The second kappa shape index (κ2) is 11.5. The maximum Gasteiger partial charge on any atom is 0.264 e. The summed E-state index contributed by atoms with van der Waals surface area (Å²) in [5.74, 6) is 0.904. The zero-order valence-electron chi connectivity index (χ0n) is 22.3. The predicted octanol–water partition coefficient (Wildman–Crippen LogP) is 5.96. The van der Waals surface area contributed by atoms with Crippen molar-refractivity contribution in [3.8, 4) is 11.1 Å². The first kappa shape index (κ1) is 27.3. The zero-order valence-corrected chi connectivity index (χ0v) is 23.9. The van der Waals surface area contributed by atoms with Crippen LogP contribution in [0.5, 0.6) is 0 Å². The maximum absolute atomic E-state index is 12.8. The van der Waals surface area contributed by atoms with Crippen molar-refractivity contribution in [2.75, 3.05) is 17.1 Å². The molecule has 1 aliphatic rings. The van der Waals surface area contributed by atoms with E-state index in [9.17, 15) is 8.42 Å². The smallest absolute Gasteiger partial charge is 0.264 e. The molecule has 1 fully saturated rings. The number of aromatic nitrogens is 3. The van der Waals surface area contributed by atoms with Gasteiger partial charge >= 0.3 is 0 Å². The molecule has 4 aromatic rings. The molecule has 1 saturated carbocycles. The van der Waals surface area contributed by atoms with Gasteiger partial charge in [0.25, 0.3) is 10.0 Å². The number of sulfonamides is 1. The Balaban J connectivity index is 1.39. The van der Waals surface area contributed by atoms with Gasteiger partial charge in [-0.3, -0.25) is 4.72 Å². The van der Waals surface area contributed by atoms with Gasteiger partial charge in [0.05, 0.1) is 10.5 Å². The van der Waals surface area contributed by atoms with E-state index in [1.807, 2.05) is 26.2 Å². The highest BCUT2D eigenvalue weighted by molar-refractivity contribution is 7.92. The molecule has 0 bridgehead atoms. The number of aryl methyl sites for hydroxylation is 2. The molecule has 0 amide bonds. The number of benzene rings is 2. The molecule has 39 heavy (non-hydrogen) atoms. The van der Waals surface area contributed by atoms with Crippen LogP contribution in [0, 0.1) is 6.92 Å². The highest BCUT2D eigenvalue weighted by Gasteiger charge is 2.21. The van der Waals surface area contributed by atoms with E-state index in [0.29, 0.717) is 23.7 Å². The summed E-state index contributed by atoms with van der Waals surface area (Å²) < 4.78 is 28.2. The Labute approximate surface area is 234 Å². The monoisotopic (exact) mass is 564 g/mol. The van der Waals surface area contributed by atoms with Crippen molar-refractivity contribution < 1.29 is 8.42 Å². The Morgan fingerprint density at radius 2 is 1.74 bits per heavy atom. The number of halogens is 1. The van der Waals surface area contributed by atoms with E-state index in [2.05, 4.69) is 44.4 Å². The number of nitrogens with one attached hydrogen (secondary N) is 3. The Hall–Kier alpha value is -3.27. The third-order valence-electron chi connectivity index (χ3n) is 7.37. The standard InChI is InChI=1S/C29H33ClN6O2S/c1-4-19-15-20(16-21-17-32-29(35-28(19)21)34-23-11-9-22(31-3)10-12-23)24-13-14-27(33-18(24)2)36-39(37,38)26-8-6-5-7-25(26)30/h5-8,13-17,22-23,31H,4,9-12H2,1-3H3,(H,33,36)(H,32,34,35). The third-order valence-corrected chi connectivity index (χ3v) is 9.23. The number of anilines is 2. The van der Waals surface area contributed by atoms with Gasteiger partial charge in [0.2, 0.25) is 5.95 Å². The van der Waals surface area contributed by atoms with Gasteiger partial charge in [0, 0.05) is 34.9 Å². The highest BCUT2D eigenvalue weighted by Crippen LogP contribution is 2.31. The quantitative estimate of drug-likeness (QED) is 0.242. The van der Waals surface area contributed by atoms with Crippen molar-refractivity contribution in [2.24, 2.45) is 0 Å². The van der Waals surface area contributed by atoms with Crippen molar-refractivity contribution in [3.05, 3.63) is 71.0 Å². The predicted molar refractivity (Wildman–Crippen MR) is 158 cm³/mol. The van der Waals surface area contributed by atoms with Gasteiger partial charge in [-0.05, 0) is 93.6 Å². The van der Waals surface area contributed by atoms with Crippen molar-refractivity contribution in [1.82, 2.24) is 20.3 Å². The molecule has 10 heteroatoms. The van der Waals surface area contributed by atoms with Crippen LogP contribution in [0.25, 0.3) is 22.0 Å². The molecule has 0 atom stereocenters. The molecule has 5 rings (SSSR count). The van der Waals surface area contributed by atoms with E-state index in [4.69, 9.17) is 16.6 Å². The second-order valence-electron chi connectivity index (χ2n) is 9.97. The normalized spacial score (nSPS) is 17.7. The maximum atomic E-state index is 12.8. The fourth-order valence-electron chi connectivity index (χ4n) is 5.20. The molecular formula is C29H33ClN6O2S. The van der Waals surface area contributed by atoms with Crippen LogP contribution in [-0.4, -0.2) is 42.5 Å². The lowest BCUT2D eigenvalue weighted by atomic mass is 9.91. The molecule has 204 valence electrons. The fraction of sp³-hybridized carbons (Fsp3) is 0.345. The molecule has 3 N–H and O–H groups in total. The van der Waals surface area contributed by atoms with Gasteiger partial charge in [-0.2, -0.15) is 0 Å². The molecule has 8 nitrogen and oxygen atoms in total. The number of rotatable bonds is 8. The lowest BCUT2D eigenvalue weighted by Gasteiger charge is -2.28. The van der Waals surface area contributed by atoms with E-state index in [1.54, 1.807) is 24.3 Å². The van der Waals surface area contributed by atoms with Crippen molar-refractivity contribution in [2.45, 2.75) is 62.9 Å². The number of hydrogen-bond acceptors (Lipinski definition) is 7. The van der Waals surface area contributed by atoms with Gasteiger partial charge in [0.15, 0.2) is 0 Å². The van der Waals surface area contributed by atoms with Crippen LogP contribution < -0.4 is 15.4 Å². The Bertz CT molecular complexity index is 1600. The van der Waals surface area contributed by atoms with Crippen LogP contribution in [0.4, 0.5) is 11.8 Å². The summed E-state index contributed by atoms with van der Waals surface area (Å²) in [5.41, 5.74) is 4.66. The average molecular weight is 565 g/mol. The highest BCUT2D eigenvalue weighted by atomic mass is 35.5. The Morgan fingerprint density at radius 3 is 2.44 bits per heavy atom. The molecule has 2 aromatic carbocycles. The van der Waals surface area contributed by atoms with Gasteiger partial charge in [-0.1, -0.05) is 30.7 Å². The fourth-order valence-corrected chi connectivity index (χ4v) is 6.72. The molecule has 0 radical (unpaired) electrons. The van der Waals surface area contributed by atoms with Crippen molar-refractivity contribution in [1.29, 1.82) is 0 Å². The SMILES string of the molecule is CCc1cc(-c2ccc(NS(=O)(=O)c3ccccc3Cl)nc2C)cc2cnc(NC3CCC(NC)CC3)nc12. The minimum Gasteiger partial charge on any atom is -0.351 e. The lowest BCUT2D eigenvalue weighted by Crippen LogP contribution is -2.35. The van der Waals surface area contributed by atoms with Crippen LogP contribution >= 0.6 is 11.6 Å². The summed E-state index contributed by atoms with van der Waals surface area (Å²) in [7, 11) is -1.84. The van der Waals surface area contributed by atoms with Gasteiger partial charge in [-0.15, -0.1) is 0 Å². The summed E-state index contributed by atoms with van der Waals surface area (Å²) in [4.78, 5) is 14.1. The second-order valence-corrected chi connectivity index (χ2v) is 12.0. The number of nitrogens with zero attached hydrogens (tertiary/aromatic N) is 3. The Kier molecular flexibility index (Phi) is 8.02. The van der Waals surface area contributed by atoms with E-state index in [0.717, 1.165) is 59.7 Å². The first-order valence-corrected chi connectivity index (χ1v) is 15.1. The molecule has 2 heterocycles. The van der Waals surface area contributed by atoms with E-state index in [-0.39, 0.29) is 15.7 Å². The minimum atomic E-state index is -3.87. The zero-order chi connectivity index (χ0) is 27.6. The summed E-state index contributed by atoms with van der Waals surface area (Å²) in [6, 6.07) is 15.1. The first-order valence-electron chi connectivity index (χ1n) is 13.3. The largest absolute Gasteiger partial charge is 0.351 e. The molecule has 0 unspecified atom stereocenters. The summed E-state index contributed by atoms with van der Waals surface area (Å²) in [6.07, 6.45) is 7.20. The summed E-state index contributed by atoms with van der Waals surface area (Å²) in [5, 5.41) is 8.02. The minimum absolute atomic E-state index is 0.0109. The van der Waals surface area contributed by atoms with Crippen molar-refractivity contribution >= 4 is 44.3 Å². The van der Waals surface area contributed by atoms with Crippen LogP contribution in [0.3, 0.4) is 0 Å². The summed E-state index contributed by atoms with van der Waals surface area (Å²) in [6.45, 7) is 3.98. The third kappa shape index (κ3) is 6.00. The van der Waals surface area contributed by atoms with Crippen LogP contribution in [0.1, 0.15) is 43.9 Å². The van der Waals surface area contributed by atoms with E-state index in [1.165, 1.54) is 6.07 Å².